The molecule has 0 bridgehead atoms. The second-order valence-corrected chi connectivity index (χ2v) is 11.7. The van der Waals surface area contributed by atoms with Gasteiger partial charge in [0.25, 0.3) is 5.91 Å². The molecule has 1 N–H and O–H groups in total. The number of ether oxygens (including phenoxy) is 1. The van der Waals surface area contributed by atoms with Crippen LogP contribution in [0.2, 0.25) is 0 Å². The summed E-state index contributed by atoms with van der Waals surface area (Å²) in [4.78, 5) is 20.3. The maximum Gasteiger partial charge on any atom is 0.266 e. The van der Waals surface area contributed by atoms with Crippen molar-refractivity contribution < 1.29 is 17.9 Å². The van der Waals surface area contributed by atoms with Gasteiger partial charge in [-0.05, 0) is 32.8 Å². The molecule has 10 heteroatoms. The maximum absolute atomic E-state index is 13.3. The number of carbonyl (C=O) groups excluding carboxylic acids is 1. The molecule has 0 unspecified atom stereocenters. The van der Waals surface area contributed by atoms with Crippen LogP contribution in [0.25, 0.3) is 10.7 Å². The van der Waals surface area contributed by atoms with Crippen molar-refractivity contribution in [3.8, 4) is 10.7 Å². The molecule has 1 aliphatic carbocycles. The first kappa shape index (κ1) is 24.4. The molecule has 2 fully saturated rings. The van der Waals surface area contributed by atoms with E-state index in [-0.39, 0.29) is 16.8 Å². The van der Waals surface area contributed by atoms with Crippen molar-refractivity contribution in [1.29, 1.82) is 0 Å². The Balaban J connectivity index is 1.58. The van der Waals surface area contributed by atoms with E-state index in [1.807, 2.05) is 25.5 Å². The second-order valence-electron chi connectivity index (χ2n) is 9.04. The Morgan fingerprint density at radius 3 is 2.42 bits per heavy atom. The van der Waals surface area contributed by atoms with Crippen LogP contribution in [0.15, 0.2) is 11.0 Å². The van der Waals surface area contributed by atoms with Gasteiger partial charge in [0.05, 0.1) is 24.6 Å². The number of morpholine rings is 1. The van der Waals surface area contributed by atoms with Crippen molar-refractivity contribution in [1.82, 2.24) is 19.2 Å². The topological polar surface area (TPSA) is 93.5 Å². The number of thiazole rings is 1. The molecule has 8 nitrogen and oxygen atoms in total. The summed E-state index contributed by atoms with van der Waals surface area (Å²) in [5, 5.41) is 0.655. The van der Waals surface area contributed by atoms with Crippen LogP contribution >= 0.6 is 11.3 Å². The van der Waals surface area contributed by atoms with Gasteiger partial charge in [-0.15, -0.1) is 11.3 Å². The first-order chi connectivity index (χ1) is 15.8. The molecule has 1 saturated carbocycles. The average molecular weight is 495 g/mol. The predicted molar refractivity (Wildman–Crippen MR) is 129 cm³/mol. The summed E-state index contributed by atoms with van der Waals surface area (Å²) in [6, 6.07) is 1.68. The summed E-state index contributed by atoms with van der Waals surface area (Å²) in [6.07, 6.45) is 7.47. The minimum Gasteiger partial charge on any atom is -0.378 e. The zero-order valence-electron chi connectivity index (χ0n) is 19.7. The number of aryl methyl sites for hydroxylation is 1. The van der Waals surface area contributed by atoms with E-state index in [4.69, 9.17) is 4.74 Å². The van der Waals surface area contributed by atoms with Gasteiger partial charge in [-0.2, -0.15) is 0 Å². The van der Waals surface area contributed by atoms with Crippen LogP contribution in [0.4, 0.5) is 0 Å². The van der Waals surface area contributed by atoms with Crippen LogP contribution in [0.5, 0.6) is 0 Å². The van der Waals surface area contributed by atoms with Gasteiger partial charge in [0.1, 0.15) is 14.8 Å². The smallest absolute Gasteiger partial charge is 0.266 e. The number of nitrogens with zero attached hydrogens (tertiary/aromatic N) is 3. The molecule has 182 valence electrons. The molecular formula is C23H34N4O4S2. The summed E-state index contributed by atoms with van der Waals surface area (Å²) < 4.78 is 36.7. The van der Waals surface area contributed by atoms with Gasteiger partial charge in [0.15, 0.2) is 0 Å². The summed E-state index contributed by atoms with van der Waals surface area (Å²) in [5.41, 5.74) is 2.04. The highest BCUT2D eigenvalue weighted by molar-refractivity contribution is 7.89. The van der Waals surface area contributed by atoms with Crippen LogP contribution < -0.4 is 4.72 Å². The monoisotopic (exact) mass is 494 g/mol. The molecule has 3 heterocycles. The van der Waals surface area contributed by atoms with Crippen LogP contribution in [-0.2, 0) is 21.8 Å². The molecule has 4 rings (SSSR count). The van der Waals surface area contributed by atoms with Crippen LogP contribution in [0.1, 0.15) is 66.0 Å². The van der Waals surface area contributed by atoms with E-state index in [1.165, 1.54) is 30.6 Å². The molecule has 0 atom stereocenters. The number of aromatic nitrogens is 2. The number of nitrogens with one attached hydrogen (secondary N) is 1. The van der Waals surface area contributed by atoms with Gasteiger partial charge < -0.3 is 14.2 Å². The Morgan fingerprint density at radius 2 is 1.76 bits per heavy atom. The van der Waals surface area contributed by atoms with Gasteiger partial charge >= 0.3 is 0 Å². The fourth-order valence-electron chi connectivity index (χ4n) is 4.62. The van der Waals surface area contributed by atoms with Crippen molar-refractivity contribution in [3.05, 3.63) is 22.3 Å². The lowest BCUT2D eigenvalue weighted by atomic mass is 9.97. The van der Waals surface area contributed by atoms with E-state index in [1.54, 1.807) is 11.0 Å². The summed E-state index contributed by atoms with van der Waals surface area (Å²) in [7, 11) is -1.80. The lowest BCUT2D eigenvalue weighted by Gasteiger charge is -2.26. The van der Waals surface area contributed by atoms with Crippen LogP contribution in [0, 0.1) is 13.8 Å². The van der Waals surface area contributed by atoms with Gasteiger partial charge in [-0.3, -0.25) is 4.79 Å². The molecule has 2 aromatic heterocycles. The van der Waals surface area contributed by atoms with Crippen molar-refractivity contribution >= 4 is 27.3 Å². The third-order valence-corrected chi connectivity index (χ3v) is 9.52. The third kappa shape index (κ3) is 5.34. The summed E-state index contributed by atoms with van der Waals surface area (Å²) in [5.74, 6) is -0.0377. The van der Waals surface area contributed by atoms with Crippen molar-refractivity contribution in [2.45, 2.75) is 69.7 Å². The quantitative estimate of drug-likeness (QED) is 0.685. The zero-order valence-corrected chi connectivity index (χ0v) is 21.4. The van der Waals surface area contributed by atoms with Gasteiger partial charge in [-0.1, -0.05) is 32.1 Å². The van der Waals surface area contributed by atoms with Crippen molar-refractivity contribution in [3.63, 3.8) is 0 Å². The average Bonchev–Trinajstić information content (AvgIpc) is 3.30. The Kier molecular flexibility index (Phi) is 7.57. The molecule has 0 aromatic carbocycles. The molecular weight excluding hydrogens is 460 g/mol. The highest BCUT2D eigenvalue weighted by atomic mass is 32.2. The Morgan fingerprint density at radius 1 is 1.12 bits per heavy atom. The fourth-order valence-corrected chi connectivity index (χ4v) is 7.30. The molecule has 33 heavy (non-hydrogen) atoms. The fraction of sp³-hybridized carbons (Fsp3) is 0.652. The van der Waals surface area contributed by atoms with Crippen molar-refractivity contribution in [2.75, 3.05) is 26.3 Å². The second kappa shape index (κ2) is 10.2. The minimum atomic E-state index is -3.65. The van der Waals surface area contributed by atoms with E-state index >= 15 is 0 Å². The number of hydrogen-bond acceptors (Lipinski definition) is 6. The highest BCUT2D eigenvalue weighted by Gasteiger charge is 2.28. The molecule has 0 radical (unpaired) electrons. The minimum absolute atomic E-state index is 0.0155. The molecule has 1 saturated heterocycles. The lowest BCUT2D eigenvalue weighted by Crippen LogP contribution is -2.40. The van der Waals surface area contributed by atoms with E-state index in [2.05, 4.69) is 9.71 Å². The summed E-state index contributed by atoms with van der Waals surface area (Å²) >= 11 is 1.32. The number of amides is 1. The zero-order chi connectivity index (χ0) is 23.6. The Hall–Kier alpha value is -1.75. The normalized spacial score (nSPS) is 18.8. The van der Waals surface area contributed by atoms with Gasteiger partial charge in [-0.25, -0.2) is 18.1 Å². The summed E-state index contributed by atoms with van der Waals surface area (Å²) in [6.45, 7) is 5.88. The maximum atomic E-state index is 13.3. The first-order valence-corrected chi connectivity index (χ1v) is 14.1. The van der Waals surface area contributed by atoms with Gasteiger partial charge in [0.2, 0.25) is 10.0 Å². The number of carbonyl (C=O) groups is 1. The number of hydrogen-bond donors (Lipinski definition) is 1. The predicted octanol–water partition coefficient (Wildman–Crippen LogP) is 3.63. The van der Waals surface area contributed by atoms with E-state index in [0.717, 1.165) is 25.7 Å². The third-order valence-electron chi connectivity index (χ3n) is 6.71. The number of rotatable bonds is 5. The molecule has 2 aliphatic rings. The SMILES string of the molecule is Cc1nc(-c2cc(S(=O)(=O)NC3CCCCCCC3)c(C)n2C)sc1C(=O)N1CCOCC1. The first-order valence-electron chi connectivity index (χ1n) is 11.8. The van der Waals surface area contributed by atoms with Crippen LogP contribution in [-0.4, -0.2) is 61.1 Å². The van der Waals surface area contributed by atoms with E-state index < -0.39 is 10.0 Å². The molecule has 1 amide bonds. The number of sulfonamides is 1. The standard InChI is InChI=1S/C23H34N4O4S2/c1-16-21(23(28)27-11-13-31-14-12-27)32-22(24-16)19-15-20(17(2)26(19)3)33(29,30)25-18-9-7-5-4-6-8-10-18/h15,18,25H,4-14H2,1-3H3. The highest BCUT2D eigenvalue weighted by Crippen LogP contribution is 2.33. The molecule has 1 aliphatic heterocycles. The van der Waals surface area contributed by atoms with E-state index in [9.17, 15) is 13.2 Å². The molecule has 2 aromatic rings. The Labute approximate surface area is 200 Å². The van der Waals surface area contributed by atoms with E-state index in [0.29, 0.717) is 53.3 Å². The van der Waals surface area contributed by atoms with Crippen LogP contribution in [0.3, 0.4) is 0 Å². The molecule has 0 spiro atoms. The largest absolute Gasteiger partial charge is 0.378 e. The Bertz CT molecular complexity index is 1090. The van der Waals surface area contributed by atoms with Crippen molar-refractivity contribution in [2.24, 2.45) is 7.05 Å². The van der Waals surface area contributed by atoms with Gasteiger partial charge in [0, 0.05) is 31.9 Å². The lowest BCUT2D eigenvalue weighted by molar-refractivity contribution is 0.0305.